The van der Waals surface area contributed by atoms with Crippen LogP contribution < -0.4 is 4.74 Å². The minimum absolute atomic E-state index is 0.294. The van der Waals surface area contributed by atoms with E-state index in [-0.39, 0.29) is 5.82 Å². The Hall–Kier alpha value is -2.83. The highest BCUT2D eigenvalue weighted by atomic mass is 35.5. The molecule has 0 N–H and O–H groups in total. The van der Waals surface area contributed by atoms with Gasteiger partial charge in [-0.15, -0.1) is 0 Å². The summed E-state index contributed by atoms with van der Waals surface area (Å²) in [5.41, 5.74) is 2.94. The van der Waals surface area contributed by atoms with Crippen molar-refractivity contribution in [3.63, 3.8) is 0 Å². The average Bonchev–Trinajstić information content (AvgIpc) is 3.16. The molecule has 0 saturated carbocycles. The zero-order valence-electron chi connectivity index (χ0n) is 15.3. The second-order valence-electron chi connectivity index (χ2n) is 6.24. The van der Waals surface area contributed by atoms with E-state index in [1.807, 2.05) is 47.2 Å². The Labute approximate surface area is 177 Å². The second kappa shape index (κ2) is 9.11. The van der Waals surface area contributed by atoms with E-state index in [4.69, 9.17) is 16.3 Å². The van der Waals surface area contributed by atoms with Gasteiger partial charge in [0.05, 0.1) is 11.9 Å². The molecule has 0 aliphatic rings. The fourth-order valence-corrected chi connectivity index (χ4v) is 3.83. The summed E-state index contributed by atoms with van der Waals surface area (Å²) in [6.45, 7) is 0.300. The number of pyridine rings is 1. The van der Waals surface area contributed by atoms with Gasteiger partial charge in [-0.1, -0.05) is 29.4 Å². The summed E-state index contributed by atoms with van der Waals surface area (Å²) in [4.78, 5) is 8.75. The number of rotatable bonds is 7. The lowest BCUT2D eigenvalue weighted by Gasteiger charge is -2.13. The maximum Gasteiger partial charge on any atom is 0.173 e. The van der Waals surface area contributed by atoms with Crippen molar-refractivity contribution in [2.24, 2.45) is 0 Å². The van der Waals surface area contributed by atoms with Crippen molar-refractivity contribution in [1.82, 2.24) is 14.5 Å². The van der Waals surface area contributed by atoms with Crippen molar-refractivity contribution >= 4 is 23.4 Å². The van der Waals surface area contributed by atoms with Gasteiger partial charge in [-0.3, -0.25) is 9.55 Å². The molecule has 0 saturated heterocycles. The van der Waals surface area contributed by atoms with Gasteiger partial charge in [0.15, 0.2) is 5.16 Å². The molecule has 2 aromatic heterocycles. The van der Waals surface area contributed by atoms with E-state index in [0.717, 1.165) is 27.9 Å². The smallest absolute Gasteiger partial charge is 0.173 e. The average molecular weight is 426 g/mol. The van der Waals surface area contributed by atoms with Gasteiger partial charge < -0.3 is 4.74 Å². The van der Waals surface area contributed by atoms with Crippen LogP contribution in [0.1, 0.15) is 11.3 Å². The maximum absolute atomic E-state index is 13.1. The minimum Gasteiger partial charge on any atom is -0.487 e. The molecule has 4 aromatic rings. The first-order valence-corrected chi connectivity index (χ1v) is 10.3. The Morgan fingerprint density at radius 2 is 1.79 bits per heavy atom. The van der Waals surface area contributed by atoms with Gasteiger partial charge >= 0.3 is 0 Å². The monoisotopic (exact) mass is 425 g/mol. The number of halogens is 2. The van der Waals surface area contributed by atoms with Crippen LogP contribution in [0.2, 0.25) is 5.02 Å². The topological polar surface area (TPSA) is 39.9 Å². The molecule has 4 nitrogen and oxygen atoms in total. The van der Waals surface area contributed by atoms with Crippen LogP contribution in [0, 0.1) is 5.82 Å². The minimum atomic E-state index is -0.294. The van der Waals surface area contributed by atoms with Crippen LogP contribution in [-0.2, 0) is 12.4 Å². The molecule has 146 valence electrons. The van der Waals surface area contributed by atoms with Crippen molar-refractivity contribution in [2.75, 3.05) is 0 Å². The summed E-state index contributed by atoms with van der Waals surface area (Å²) >= 11 is 7.67. The van der Waals surface area contributed by atoms with Gasteiger partial charge in [0.1, 0.15) is 18.2 Å². The van der Waals surface area contributed by atoms with Crippen LogP contribution in [-0.4, -0.2) is 14.5 Å². The van der Waals surface area contributed by atoms with Crippen LogP contribution in [0.25, 0.3) is 5.69 Å². The number of hydrogen-bond donors (Lipinski definition) is 0. The third kappa shape index (κ3) is 4.96. The molecular formula is C22H17ClFN3OS. The number of imidazole rings is 1. The molecule has 0 bridgehead atoms. The van der Waals surface area contributed by atoms with Gasteiger partial charge in [-0.25, -0.2) is 9.37 Å². The number of nitrogens with zero attached hydrogens (tertiary/aromatic N) is 3. The van der Waals surface area contributed by atoms with Gasteiger partial charge in [0.25, 0.3) is 0 Å². The number of hydrogen-bond acceptors (Lipinski definition) is 4. The van der Waals surface area contributed by atoms with E-state index in [0.29, 0.717) is 17.4 Å². The number of benzene rings is 2. The second-order valence-corrected chi connectivity index (χ2v) is 7.62. The first kappa shape index (κ1) is 19.5. The number of ether oxygens (including phenoxy) is 1. The summed E-state index contributed by atoms with van der Waals surface area (Å²) in [6.07, 6.45) is 5.40. The quantitative estimate of drug-likeness (QED) is 0.344. The van der Waals surface area contributed by atoms with E-state index >= 15 is 0 Å². The SMILES string of the molecule is Fc1ccc(OCc2cnc(SCc3cccnc3)n2-c2ccc(Cl)cc2)cc1. The van der Waals surface area contributed by atoms with Crippen LogP contribution in [0.4, 0.5) is 4.39 Å². The Kier molecular flexibility index (Phi) is 6.12. The third-order valence-electron chi connectivity index (χ3n) is 4.18. The molecule has 0 aliphatic heterocycles. The lowest BCUT2D eigenvalue weighted by molar-refractivity contribution is 0.298. The summed E-state index contributed by atoms with van der Waals surface area (Å²) in [6, 6.07) is 17.5. The highest BCUT2D eigenvalue weighted by molar-refractivity contribution is 7.98. The molecule has 29 heavy (non-hydrogen) atoms. The Balaban J connectivity index is 1.59. The summed E-state index contributed by atoms with van der Waals surface area (Å²) in [5.74, 6) is 1.05. The fraction of sp³-hybridized carbons (Fsp3) is 0.0909. The van der Waals surface area contributed by atoms with Crippen LogP contribution >= 0.6 is 23.4 Å². The highest BCUT2D eigenvalue weighted by Crippen LogP contribution is 2.27. The van der Waals surface area contributed by atoms with E-state index in [2.05, 4.69) is 9.97 Å². The zero-order chi connectivity index (χ0) is 20.1. The predicted molar refractivity (Wildman–Crippen MR) is 113 cm³/mol. The normalized spacial score (nSPS) is 10.8. The van der Waals surface area contributed by atoms with Crippen molar-refractivity contribution in [3.05, 3.63) is 101 Å². The molecular weight excluding hydrogens is 409 g/mol. The summed E-state index contributed by atoms with van der Waals surface area (Å²) in [7, 11) is 0. The van der Waals surface area contributed by atoms with E-state index in [1.165, 1.54) is 12.1 Å². The molecule has 0 spiro atoms. The van der Waals surface area contributed by atoms with E-state index in [1.54, 1.807) is 36.3 Å². The summed E-state index contributed by atoms with van der Waals surface area (Å²) < 4.78 is 21.0. The third-order valence-corrected chi connectivity index (χ3v) is 5.45. The molecule has 0 radical (unpaired) electrons. The lowest BCUT2D eigenvalue weighted by Crippen LogP contribution is -2.05. The fourth-order valence-electron chi connectivity index (χ4n) is 2.76. The Morgan fingerprint density at radius 1 is 1.00 bits per heavy atom. The lowest BCUT2D eigenvalue weighted by atomic mass is 10.3. The Bertz CT molecular complexity index is 1070. The molecule has 2 heterocycles. The molecule has 0 unspecified atom stereocenters. The number of thioether (sulfide) groups is 1. The van der Waals surface area contributed by atoms with Crippen molar-refractivity contribution < 1.29 is 9.13 Å². The van der Waals surface area contributed by atoms with Crippen molar-refractivity contribution in [2.45, 2.75) is 17.5 Å². The largest absolute Gasteiger partial charge is 0.487 e. The molecule has 7 heteroatoms. The molecule has 4 rings (SSSR count). The molecule has 2 aromatic carbocycles. The molecule has 0 fully saturated rings. The molecule has 0 atom stereocenters. The van der Waals surface area contributed by atoms with Crippen LogP contribution in [0.3, 0.4) is 0 Å². The summed E-state index contributed by atoms with van der Waals surface area (Å²) in [5, 5.41) is 1.51. The zero-order valence-corrected chi connectivity index (χ0v) is 16.9. The maximum atomic E-state index is 13.1. The predicted octanol–water partition coefficient (Wildman–Crippen LogP) is 5.93. The first-order chi connectivity index (χ1) is 14.2. The number of aromatic nitrogens is 3. The molecule has 0 aliphatic carbocycles. The van der Waals surface area contributed by atoms with Crippen molar-refractivity contribution in [1.29, 1.82) is 0 Å². The van der Waals surface area contributed by atoms with Gasteiger partial charge in [-0.05, 0) is 60.2 Å². The van der Waals surface area contributed by atoms with Gasteiger partial charge in [-0.2, -0.15) is 0 Å². The van der Waals surface area contributed by atoms with E-state index < -0.39 is 0 Å². The van der Waals surface area contributed by atoms with Gasteiger partial charge in [0.2, 0.25) is 0 Å². The van der Waals surface area contributed by atoms with Crippen molar-refractivity contribution in [3.8, 4) is 11.4 Å². The highest BCUT2D eigenvalue weighted by Gasteiger charge is 2.14. The van der Waals surface area contributed by atoms with Gasteiger partial charge in [0, 0.05) is 28.9 Å². The van der Waals surface area contributed by atoms with E-state index in [9.17, 15) is 4.39 Å². The first-order valence-electron chi connectivity index (χ1n) is 8.92. The van der Waals surface area contributed by atoms with Crippen LogP contribution in [0.5, 0.6) is 5.75 Å². The van der Waals surface area contributed by atoms with Crippen LogP contribution in [0.15, 0.2) is 84.4 Å². The Morgan fingerprint density at radius 3 is 2.52 bits per heavy atom. The molecule has 0 amide bonds. The standard InChI is InChI=1S/C22H17ClFN3OS/c23-17-3-7-19(8-4-17)27-20(14-28-21-9-5-18(24)6-10-21)13-26-22(27)29-15-16-2-1-11-25-12-16/h1-13H,14-15H2.